The van der Waals surface area contributed by atoms with Crippen molar-refractivity contribution < 1.29 is 28.2 Å². The van der Waals surface area contributed by atoms with Gasteiger partial charge in [-0.2, -0.15) is 0 Å². The number of hydrogen-bond acceptors (Lipinski definition) is 9. The number of aromatic nitrogens is 3. The molecule has 0 unspecified atom stereocenters. The van der Waals surface area contributed by atoms with Gasteiger partial charge in [-0.3, -0.25) is 19.5 Å². The summed E-state index contributed by atoms with van der Waals surface area (Å²) in [4.78, 5) is 38.1. The smallest absolute Gasteiger partial charge is 0.311 e. The lowest BCUT2D eigenvalue weighted by Gasteiger charge is -2.32. The zero-order valence-electron chi connectivity index (χ0n) is 32.7. The van der Waals surface area contributed by atoms with Crippen molar-refractivity contribution in [1.29, 1.82) is 0 Å². The van der Waals surface area contributed by atoms with Crippen molar-refractivity contribution in [1.82, 2.24) is 24.8 Å². The van der Waals surface area contributed by atoms with E-state index in [4.69, 9.17) is 42.4 Å². The van der Waals surface area contributed by atoms with E-state index in [0.717, 1.165) is 82.3 Å². The van der Waals surface area contributed by atoms with Crippen molar-refractivity contribution in [3.05, 3.63) is 81.2 Å². The Balaban J connectivity index is 0.957. The summed E-state index contributed by atoms with van der Waals surface area (Å²) >= 11 is 14.0. The Hall–Kier alpha value is -4.07. The van der Waals surface area contributed by atoms with Crippen LogP contribution in [0.1, 0.15) is 78.9 Å². The van der Waals surface area contributed by atoms with E-state index >= 15 is 4.39 Å². The average Bonchev–Trinajstić information content (AvgIpc) is 3.91. The molecule has 11 nitrogen and oxygen atoms in total. The number of fused-ring (bicyclic) bond motifs is 3. The minimum absolute atomic E-state index is 0.0435. The molecule has 0 spiro atoms. The number of halogens is 3. The lowest BCUT2D eigenvalue weighted by molar-refractivity contribution is -0.152. The summed E-state index contributed by atoms with van der Waals surface area (Å²) in [5.74, 6) is -0.141. The normalized spacial score (nSPS) is 22.1. The van der Waals surface area contributed by atoms with Gasteiger partial charge in [-0.05, 0) is 87.6 Å². The highest BCUT2D eigenvalue weighted by Crippen LogP contribution is 2.63. The van der Waals surface area contributed by atoms with E-state index in [1.165, 1.54) is 20.3 Å². The predicted molar refractivity (Wildman–Crippen MR) is 217 cm³/mol. The van der Waals surface area contributed by atoms with Crippen molar-refractivity contribution in [2.24, 2.45) is 17.9 Å². The van der Waals surface area contributed by atoms with Crippen LogP contribution in [0.2, 0.25) is 10.0 Å². The van der Waals surface area contributed by atoms with Gasteiger partial charge in [0.1, 0.15) is 11.6 Å². The molecular formula is C43H49Cl2FN6O5. The molecule has 2 aliphatic carbocycles. The number of nitrogens with one attached hydrogen (secondary N) is 2. The van der Waals surface area contributed by atoms with Gasteiger partial charge in [0.05, 0.1) is 46.8 Å². The molecule has 2 aliphatic heterocycles. The molecule has 302 valence electrons. The first-order chi connectivity index (χ1) is 27.5. The van der Waals surface area contributed by atoms with Gasteiger partial charge < -0.3 is 29.4 Å². The Morgan fingerprint density at radius 2 is 1.82 bits per heavy atom. The summed E-state index contributed by atoms with van der Waals surface area (Å²) in [7, 11) is 4.89. The lowest BCUT2D eigenvalue weighted by atomic mass is 9.80. The Morgan fingerprint density at radius 3 is 2.58 bits per heavy atom. The van der Waals surface area contributed by atoms with Crippen molar-refractivity contribution >= 4 is 40.8 Å². The monoisotopic (exact) mass is 818 g/mol. The molecule has 0 radical (unpaired) electrons. The Labute approximate surface area is 342 Å². The third kappa shape index (κ3) is 7.67. The van der Waals surface area contributed by atoms with Crippen LogP contribution < -0.4 is 15.4 Å². The van der Waals surface area contributed by atoms with Crippen molar-refractivity contribution in [2.45, 2.75) is 76.9 Å². The quantitative estimate of drug-likeness (QED) is 0.137. The zero-order valence-corrected chi connectivity index (χ0v) is 34.2. The molecule has 4 aromatic rings. The summed E-state index contributed by atoms with van der Waals surface area (Å²) in [5.41, 5.74) is 4.69. The van der Waals surface area contributed by atoms with Gasteiger partial charge in [-0.1, -0.05) is 35.3 Å². The SMILES string of the molecule is COC(=O)C12CCC(CCN3CCc4c(nc(C(=O)Nc5cccc(-c6ccnc(-c7cc(F)c(CNC8CCOCC8)c(OC)c7)c6Cl)c5Cl)n4C)C3)(CC1)C2. The molecule has 0 atom stereocenters. The second-order valence-electron chi connectivity index (χ2n) is 16.2. The topological polar surface area (TPSA) is 120 Å². The fraction of sp³-hybridized carbons (Fsp3) is 0.488. The molecule has 2 aromatic carbocycles. The standard InChI is InChI=1S/C43H49Cl2FN6O5/c1-51-34-8-17-52(18-15-42-11-13-43(25-42,14-12-42)41(54)56-3)24-33(34)49-39(51)40(53)50-32-6-4-5-28(36(32)44)29-7-16-47-38(37(29)45)26-21-31(46)30(35(22-26)55-2)23-48-27-9-19-57-20-10-27/h4-7,16,21-22,27,48H,8-15,17-20,23-25H2,1-3H3,(H,50,53). The maximum atomic E-state index is 15.7. The molecule has 3 fully saturated rings. The van der Waals surface area contributed by atoms with E-state index < -0.39 is 5.82 Å². The van der Waals surface area contributed by atoms with Crippen LogP contribution in [0, 0.1) is 16.6 Å². The molecule has 4 aliphatic rings. The van der Waals surface area contributed by atoms with Gasteiger partial charge in [-0.25, -0.2) is 9.37 Å². The highest BCUT2D eigenvalue weighted by atomic mass is 35.5. The number of nitrogens with zero attached hydrogens (tertiary/aromatic N) is 4. The molecule has 1 saturated heterocycles. The van der Waals surface area contributed by atoms with Crippen LogP contribution >= 0.6 is 23.2 Å². The minimum Gasteiger partial charge on any atom is -0.496 e. The van der Waals surface area contributed by atoms with Crippen LogP contribution in [0.15, 0.2) is 42.6 Å². The molecule has 8 rings (SSSR count). The number of carbonyl (C=O) groups is 2. The predicted octanol–water partition coefficient (Wildman–Crippen LogP) is 8.00. The highest BCUT2D eigenvalue weighted by Gasteiger charge is 2.58. The van der Waals surface area contributed by atoms with Crippen molar-refractivity contribution in [2.75, 3.05) is 45.8 Å². The van der Waals surface area contributed by atoms with E-state index in [9.17, 15) is 9.59 Å². The lowest BCUT2D eigenvalue weighted by Crippen LogP contribution is -2.34. The second kappa shape index (κ2) is 16.3. The van der Waals surface area contributed by atoms with Gasteiger partial charge in [0.2, 0.25) is 0 Å². The Morgan fingerprint density at radius 1 is 1.05 bits per heavy atom. The van der Waals surface area contributed by atoms with Crippen LogP contribution in [0.25, 0.3) is 22.4 Å². The number of ether oxygens (including phenoxy) is 3. The molecule has 57 heavy (non-hydrogen) atoms. The number of benzene rings is 2. The molecule has 2 bridgehead atoms. The number of hydrogen-bond donors (Lipinski definition) is 2. The van der Waals surface area contributed by atoms with Crippen LogP contribution in [-0.2, 0) is 40.8 Å². The summed E-state index contributed by atoms with van der Waals surface area (Å²) in [6.07, 6.45) is 10.1. The van der Waals surface area contributed by atoms with E-state index in [0.29, 0.717) is 76.5 Å². The molecule has 2 aromatic heterocycles. The maximum Gasteiger partial charge on any atom is 0.311 e. The van der Waals surface area contributed by atoms with Gasteiger partial charge in [0.15, 0.2) is 5.82 Å². The zero-order chi connectivity index (χ0) is 39.9. The summed E-state index contributed by atoms with van der Waals surface area (Å²) < 4.78 is 33.8. The highest BCUT2D eigenvalue weighted by molar-refractivity contribution is 6.39. The second-order valence-corrected chi connectivity index (χ2v) is 16.9. The number of anilines is 1. The first kappa shape index (κ1) is 39.7. The average molecular weight is 820 g/mol. The maximum absolute atomic E-state index is 15.7. The number of imidazole rings is 1. The number of esters is 1. The van der Waals surface area contributed by atoms with Gasteiger partial charge in [-0.15, -0.1) is 0 Å². The Bertz CT molecular complexity index is 2180. The van der Waals surface area contributed by atoms with E-state index in [1.807, 2.05) is 17.7 Å². The third-order valence-corrected chi connectivity index (χ3v) is 13.7. The Kier molecular flexibility index (Phi) is 11.4. The molecule has 14 heteroatoms. The van der Waals surface area contributed by atoms with Crippen LogP contribution in [0.4, 0.5) is 10.1 Å². The van der Waals surface area contributed by atoms with Crippen LogP contribution in [0.3, 0.4) is 0 Å². The molecule has 4 heterocycles. The first-order valence-corrected chi connectivity index (χ1v) is 20.6. The van der Waals surface area contributed by atoms with Gasteiger partial charge in [0.25, 0.3) is 5.91 Å². The number of amides is 1. The van der Waals surface area contributed by atoms with Crippen molar-refractivity contribution in [3.63, 3.8) is 0 Å². The summed E-state index contributed by atoms with van der Waals surface area (Å²) in [6.45, 7) is 4.16. The number of carbonyl (C=O) groups excluding carboxylic acids is 2. The first-order valence-electron chi connectivity index (χ1n) is 19.8. The third-order valence-electron chi connectivity index (χ3n) is 13.0. The molecule has 1 amide bonds. The van der Waals surface area contributed by atoms with Gasteiger partial charge >= 0.3 is 5.97 Å². The number of pyridine rings is 1. The largest absolute Gasteiger partial charge is 0.496 e. The molecule has 2 N–H and O–H groups in total. The molecule has 2 saturated carbocycles. The van der Waals surface area contributed by atoms with Gasteiger partial charge in [0, 0.05) is 86.5 Å². The van der Waals surface area contributed by atoms with E-state index in [-0.39, 0.29) is 33.8 Å². The summed E-state index contributed by atoms with van der Waals surface area (Å²) in [6, 6.07) is 10.5. The van der Waals surface area contributed by atoms with Crippen molar-refractivity contribution in [3.8, 4) is 28.1 Å². The van der Waals surface area contributed by atoms with Crippen LogP contribution in [-0.4, -0.2) is 77.9 Å². The summed E-state index contributed by atoms with van der Waals surface area (Å²) in [5, 5.41) is 6.98. The fourth-order valence-corrected chi connectivity index (χ4v) is 10.2. The fourth-order valence-electron chi connectivity index (χ4n) is 9.65. The molecular weight excluding hydrogens is 770 g/mol. The number of rotatable bonds is 12. The van der Waals surface area contributed by atoms with E-state index in [2.05, 4.69) is 20.5 Å². The number of methoxy groups -OCH3 is 2. The van der Waals surface area contributed by atoms with Crippen LogP contribution in [0.5, 0.6) is 5.75 Å². The van der Waals surface area contributed by atoms with E-state index in [1.54, 1.807) is 30.5 Å². The minimum atomic E-state index is -0.427.